The Kier molecular flexibility index (Phi) is 15.8. The van der Waals surface area contributed by atoms with E-state index in [2.05, 4.69) is 117 Å². The first-order chi connectivity index (χ1) is 26.0. The first-order valence-corrected chi connectivity index (χ1v) is 18.7. The molecule has 0 spiro atoms. The summed E-state index contributed by atoms with van der Waals surface area (Å²) in [5.74, 6) is 8.42. The van der Waals surface area contributed by atoms with E-state index in [1.54, 1.807) is 6.33 Å². The smallest absolute Gasteiger partial charge is 0.407 e. The van der Waals surface area contributed by atoms with Gasteiger partial charge < -0.3 is 29.7 Å². The molecule has 11 heteroatoms. The molecule has 0 aliphatic carbocycles. The summed E-state index contributed by atoms with van der Waals surface area (Å²) in [5, 5.41) is 2.39. The molecule has 2 aromatic carbocycles. The molecule has 286 valence electrons. The molecule has 2 aliphatic heterocycles. The van der Waals surface area contributed by atoms with Gasteiger partial charge in [-0.05, 0) is 80.6 Å². The number of piperidine rings is 1. The van der Waals surface area contributed by atoms with Crippen molar-refractivity contribution in [3.05, 3.63) is 95.9 Å². The maximum absolute atomic E-state index is 11.5. The summed E-state index contributed by atoms with van der Waals surface area (Å²) in [7, 11) is 3.45. The van der Waals surface area contributed by atoms with Crippen LogP contribution < -0.4 is 5.32 Å². The first-order valence-electron chi connectivity index (χ1n) is 18.7. The highest BCUT2D eigenvalue weighted by atomic mass is 16.5. The average molecular weight is 734 g/mol. The number of benzene rings is 2. The Hall–Kier alpha value is -5.47. The standard InChI is InChI=1S/C26H25N5.C10H17NO.C7H13NO3/c1-31-15-3-2-4-25(31)26-28-17-24(30-26)22-13-9-20(10-14-22)6-5-19-7-11-21(12-8-19)23-16-27-18-29-23;1-8(2)6-10(12)11-5-4-9(3)7-11;1-5(2)6(4-9)8-7(10)11-3/h7-14,16-18,25H,2-4,15H2,1H3,(H,27,29)(H,28,30);4,8H,5-7H2,1-3H3;4-6H,1-3H3,(H,8,10). The molecular formula is C43H55N7O4. The van der Waals surface area contributed by atoms with Crippen molar-refractivity contribution < 1.29 is 19.1 Å². The van der Waals surface area contributed by atoms with Crippen LogP contribution in [0.3, 0.4) is 0 Å². The summed E-state index contributed by atoms with van der Waals surface area (Å²) in [6.45, 7) is 12.7. The zero-order chi connectivity index (χ0) is 39.0. The van der Waals surface area contributed by atoms with E-state index < -0.39 is 12.1 Å². The van der Waals surface area contributed by atoms with Crippen LogP contribution in [0.2, 0.25) is 0 Å². The van der Waals surface area contributed by atoms with Gasteiger partial charge >= 0.3 is 6.09 Å². The Morgan fingerprint density at radius 1 is 0.981 bits per heavy atom. The number of carbonyl (C=O) groups is 3. The number of alkyl carbamates (subject to hydrolysis) is 1. The highest BCUT2D eigenvalue weighted by Crippen LogP contribution is 2.29. The van der Waals surface area contributed by atoms with Crippen molar-refractivity contribution in [1.82, 2.24) is 35.1 Å². The highest BCUT2D eigenvalue weighted by Gasteiger charge is 2.23. The molecule has 2 atom stereocenters. The Balaban J connectivity index is 0.000000233. The van der Waals surface area contributed by atoms with Gasteiger partial charge in [0.2, 0.25) is 5.91 Å². The molecule has 0 saturated carbocycles. The number of amides is 2. The van der Waals surface area contributed by atoms with Crippen LogP contribution in [-0.2, 0) is 14.3 Å². The van der Waals surface area contributed by atoms with Crippen molar-refractivity contribution in [2.24, 2.45) is 11.8 Å². The Morgan fingerprint density at radius 3 is 2.13 bits per heavy atom. The van der Waals surface area contributed by atoms with Gasteiger partial charge in [0, 0.05) is 30.6 Å². The van der Waals surface area contributed by atoms with Crippen molar-refractivity contribution in [3.8, 4) is 34.4 Å². The monoisotopic (exact) mass is 733 g/mol. The van der Waals surface area contributed by atoms with Gasteiger partial charge in [-0.1, -0.05) is 81.9 Å². The number of hydrogen-bond acceptors (Lipinski definition) is 7. The molecule has 2 amide bonds. The first kappa shape index (κ1) is 41.3. The van der Waals surface area contributed by atoms with Gasteiger partial charge in [-0.2, -0.15) is 0 Å². The van der Waals surface area contributed by atoms with Crippen LogP contribution in [0.15, 0.2) is 78.9 Å². The zero-order valence-corrected chi connectivity index (χ0v) is 32.7. The number of likely N-dealkylation sites (tertiary alicyclic amines) is 1. The molecule has 4 aromatic rings. The Bertz CT molecular complexity index is 1870. The molecule has 1 saturated heterocycles. The minimum atomic E-state index is -0.573. The second-order valence-electron chi connectivity index (χ2n) is 14.5. The van der Waals surface area contributed by atoms with Gasteiger partial charge in [0.15, 0.2) is 0 Å². The van der Waals surface area contributed by atoms with Crippen LogP contribution in [0.5, 0.6) is 0 Å². The minimum Gasteiger partial charge on any atom is -0.453 e. The number of nitrogens with zero attached hydrogens (tertiary/aromatic N) is 4. The van der Waals surface area contributed by atoms with Gasteiger partial charge in [-0.15, -0.1) is 0 Å². The number of aromatic amines is 2. The van der Waals surface area contributed by atoms with Crippen molar-refractivity contribution >= 4 is 18.3 Å². The van der Waals surface area contributed by atoms with Gasteiger partial charge in [0.05, 0.1) is 49.3 Å². The molecule has 2 aromatic heterocycles. The van der Waals surface area contributed by atoms with Gasteiger partial charge in [-0.3, -0.25) is 9.69 Å². The lowest BCUT2D eigenvalue weighted by atomic mass is 10.0. The number of carbonyl (C=O) groups excluding carboxylic acids is 3. The number of imidazole rings is 2. The van der Waals surface area contributed by atoms with Crippen LogP contribution in [0, 0.1) is 23.7 Å². The predicted octanol–water partition coefficient (Wildman–Crippen LogP) is 7.41. The molecule has 2 aliphatic rings. The summed E-state index contributed by atoms with van der Waals surface area (Å²) in [6, 6.07) is 16.5. The van der Waals surface area contributed by atoms with E-state index in [0.717, 1.165) is 59.1 Å². The molecule has 6 rings (SSSR count). The summed E-state index contributed by atoms with van der Waals surface area (Å²) in [6.07, 6.45) is 12.1. The normalized spacial score (nSPS) is 15.8. The third-order valence-corrected chi connectivity index (χ3v) is 9.29. The molecule has 4 heterocycles. The third kappa shape index (κ3) is 12.6. The Labute approximate surface area is 320 Å². The predicted molar refractivity (Wildman–Crippen MR) is 213 cm³/mol. The molecule has 2 unspecified atom stereocenters. The summed E-state index contributed by atoms with van der Waals surface area (Å²) in [4.78, 5) is 52.1. The summed E-state index contributed by atoms with van der Waals surface area (Å²) < 4.78 is 4.32. The molecular weight excluding hydrogens is 679 g/mol. The lowest BCUT2D eigenvalue weighted by Gasteiger charge is -2.30. The maximum atomic E-state index is 11.5. The topological polar surface area (TPSA) is 136 Å². The Morgan fingerprint density at radius 2 is 1.63 bits per heavy atom. The maximum Gasteiger partial charge on any atom is 0.407 e. The van der Waals surface area contributed by atoms with Crippen LogP contribution in [0.1, 0.15) is 83.3 Å². The molecule has 11 nitrogen and oxygen atoms in total. The van der Waals surface area contributed by atoms with Gasteiger partial charge in [0.25, 0.3) is 0 Å². The number of hydrogen-bond donors (Lipinski definition) is 3. The number of ether oxygens (including phenoxy) is 1. The molecule has 3 N–H and O–H groups in total. The number of nitrogens with one attached hydrogen (secondary N) is 3. The third-order valence-electron chi connectivity index (χ3n) is 9.29. The van der Waals surface area contributed by atoms with Crippen LogP contribution in [-0.4, -0.2) is 87.9 Å². The molecule has 0 radical (unpaired) electrons. The summed E-state index contributed by atoms with van der Waals surface area (Å²) in [5.41, 5.74) is 7.59. The minimum absolute atomic E-state index is 0.0894. The second kappa shape index (κ2) is 20.7. The lowest BCUT2D eigenvalue weighted by Crippen LogP contribution is -2.39. The number of rotatable bonds is 8. The van der Waals surface area contributed by atoms with Crippen molar-refractivity contribution in [1.29, 1.82) is 0 Å². The molecule has 0 bridgehead atoms. The average Bonchev–Trinajstić information content (AvgIpc) is 3.97. The van der Waals surface area contributed by atoms with Gasteiger partial charge in [0.1, 0.15) is 12.1 Å². The highest BCUT2D eigenvalue weighted by molar-refractivity contribution is 5.77. The fourth-order valence-electron chi connectivity index (χ4n) is 6.01. The molecule has 1 fully saturated rings. The number of aromatic nitrogens is 4. The van der Waals surface area contributed by atoms with Crippen LogP contribution >= 0.6 is 0 Å². The van der Waals surface area contributed by atoms with E-state index >= 15 is 0 Å². The lowest BCUT2D eigenvalue weighted by molar-refractivity contribution is -0.130. The van der Waals surface area contributed by atoms with E-state index in [-0.39, 0.29) is 11.8 Å². The van der Waals surface area contributed by atoms with Crippen LogP contribution in [0.4, 0.5) is 4.79 Å². The van der Waals surface area contributed by atoms with Crippen molar-refractivity contribution in [2.75, 3.05) is 33.8 Å². The van der Waals surface area contributed by atoms with Crippen molar-refractivity contribution in [3.63, 3.8) is 0 Å². The second-order valence-corrected chi connectivity index (χ2v) is 14.5. The van der Waals surface area contributed by atoms with E-state index in [1.165, 1.54) is 31.9 Å². The summed E-state index contributed by atoms with van der Waals surface area (Å²) >= 11 is 0. The largest absolute Gasteiger partial charge is 0.453 e. The quantitative estimate of drug-likeness (QED) is 0.0975. The van der Waals surface area contributed by atoms with E-state index in [1.807, 2.05) is 43.3 Å². The fourth-order valence-corrected chi connectivity index (χ4v) is 6.01. The zero-order valence-electron chi connectivity index (χ0n) is 32.7. The van der Waals surface area contributed by atoms with Crippen molar-refractivity contribution in [2.45, 2.75) is 72.4 Å². The number of aldehydes is 1. The number of methoxy groups -OCH3 is 1. The van der Waals surface area contributed by atoms with Crippen LogP contribution in [0.25, 0.3) is 22.5 Å². The molecule has 54 heavy (non-hydrogen) atoms. The van der Waals surface area contributed by atoms with E-state index in [0.29, 0.717) is 24.7 Å². The fraction of sp³-hybridized carbons (Fsp3) is 0.419. The van der Waals surface area contributed by atoms with E-state index in [9.17, 15) is 14.4 Å². The SMILES string of the molecule is CC1=CCN(C(=O)CC(C)C)C1.CN1CCCCC1c1ncc(-c2ccc(C#Cc3ccc(-c4cnc[nH]4)cc3)cc2)[nH]1.COC(=O)NC(C=O)C(C)C. The van der Waals surface area contributed by atoms with E-state index in [4.69, 9.17) is 0 Å². The number of H-pyrrole nitrogens is 2. The van der Waals surface area contributed by atoms with Gasteiger partial charge in [-0.25, -0.2) is 14.8 Å².